The summed E-state index contributed by atoms with van der Waals surface area (Å²) in [5.41, 5.74) is 2.94. The number of hydrogen-bond acceptors (Lipinski definition) is 4. The fourth-order valence-corrected chi connectivity index (χ4v) is 2.07. The lowest BCUT2D eigenvalue weighted by Gasteiger charge is -2.05. The molecule has 3 aromatic rings. The standard InChI is InChI=1S/C14H12N4O2/c1-9-5-6-10-3-2-4-12(14(10)15-9)18-8-11(16-17-18)7-13(19)20/h2-6,8H,7H2,1H3,(H,19,20). The third-order valence-electron chi connectivity index (χ3n) is 2.96. The van der Waals surface area contributed by atoms with Crippen molar-refractivity contribution in [1.29, 1.82) is 0 Å². The zero-order chi connectivity index (χ0) is 14.1. The lowest BCUT2D eigenvalue weighted by atomic mass is 10.2. The predicted octanol–water partition coefficient (Wildman–Crippen LogP) is 1.75. The van der Waals surface area contributed by atoms with Gasteiger partial charge in [-0.1, -0.05) is 23.4 Å². The van der Waals surface area contributed by atoms with Crippen LogP contribution in [0, 0.1) is 6.92 Å². The second-order valence-electron chi connectivity index (χ2n) is 4.53. The van der Waals surface area contributed by atoms with Crippen molar-refractivity contribution < 1.29 is 9.90 Å². The molecule has 0 aliphatic carbocycles. The van der Waals surface area contributed by atoms with Crippen LogP contribution in [0.5, 0.6) is 0 Å². The monoisotopic (exact) mass is 268 g/mol. The molecule has 1 aromatic carbocycles. The number of rotatable bonds is 3. The molecule has 100 valence electrons. The maximum Gasteiger partial charge on any atom is 0.309 e. The van der Waals surface area contributed by atoms with Crippen molar-refractivity contribution in [2.24, 2.45) is 0 Å². The van der Waals surface area contributed by atoms with E-state index in [9.17, 15) is 4.79 Å². The number of fused-ring (bicyclic) bond motifs is 1. The van der Waals surface area contributed by atoms with Crippen molar-refractivity contribution in [2.45, 2.75) is 13.3 Å². The third kappa shape index (κ3) is 2.23. The minimum absolute atomic E-state index is 0.142. The Morgan fingerprint density at radius 2 is 2.15 bits per heavy atom. The molecule has 0 unspecified atom stereocenters. The van der Waals surface area contributed by atoms with Gasteiger partial charge >= 0.3 is 5.97 Å². The smallest absolute Gasteiger partial charge is 0.309 e. The molecule has 0 radical (unpaired) electrons. The summed E-state index contributed by atoms with van der Waals surface area (Å²) in [5, 5.41) is 17.6. The number of aryl methyl sites for hydroxylation is 1. The van der Waals surface area contributed by atoms with Gasteiger partial charge in [-0.25, -0.2) is 4.68 Å². The Kier molecular flexibility index (Phi) is 2.90. The van der Waals surface area contributed by atoms with Crippen molar-refractivity contribution in [3.05, 3.63) is 47.9 Å². The number of pyridine rings is 1. The normalized spacial score (nSPS) is 10.8. The maximum absolute atomic E-state index is 10.7. The molecule has 20 heavy (non-hydrogen) atoms. The van der Waals surface area contributed by atoms with Crippen LogP contribution in [0.15, 0.2) is 36.5 Å². The van der Waals surface area contributed by atoms with Gasteiger partial charge in [-0.15, -0.1) is 5.10 Å². The van der Waals surface area contributed by atoms with Gasteiger partial charge in [0.15, 0.2) is 0 Å². The van der Waals surface area contributed by atoms with Gasteiger partial charge in [0.05, 0.1) is 29.5 Å². The fourth-order valence-electron chi connectivity index (χ4n) is 2.07. The zero-order valence-electron chi connectivity index (χ0n) is 10.8. The van der Waals surface area contributed by atoms with Gasteiger partial charge in [-0.3, -0.25) is 9.78 Å². The van der Waals surface area contributed by atoms with Crippen LogP contribution in [0.25, 0.3) is 16.6 Å². The molecule has 3 rings (SSSR count). The van der Waals surface area contributed by atoms with Crippen LogP contribution < -0.4 is 0 Å². The number of aliphatic carboxylic acids is 1. The topological polar surface area (TPSA) is 80.9 Å². The van der Waals surface area contributed by atoms with E-state index in [1.807, 2.05) is 37.3 Å². The van der Waals surface area contributed by atoms with Crippen LogP contribution in [0.3, 0.4) is 0 Å². The first-order valence-electron chi connectivity index (χ1n) is 6.13. The number of hydrogen-bond donors (Lipinski definition) is 1. The third-order valence-corrected chi connectivity index (χ3v) is 2.96. The number of benzene rings is 1. The van der Waals surface area contributed by atoms with Crippen LogP contribution in [0.4, 0.5) is 0 Å². The molecule has 0 amide bonds. The van der Waals surface area contributed by atoms with Gasteiger partial charge in [0.1, 0.15) is 0 Å². The van der Waals surface area contributed by atoms with E-state index in [-0.39, 0.29) is 6.42 Å². The lowest BCUT2D eigenvalue weighted by Crippen LogP contribution is -2.00. The van der Waals surface area contributed by atoms with Gasteiger partial charge in [-0.05, 0) is 19.1 Å². The van der Waals surface area contributed by atoms with Crippen molar-refractivity contribution in [2.75, 3.05) is 0 Å². The molecule has 2 heterocycles. The van der Waals surface area contributed by atoms with E-state index in [0.29, 0.717) is 5.69 Å². The number of para-hydroxylation sites is 1. The van der Waals surface area contributed by atoms with Crippen molar-refractivity contribution in [3.8, 4) is 5.69 Å². The van der Waals surface area contributed by atoms with Crippen LogP contribution in [-0.4, -0.2) is 31.1 Å². The number of nitrogens with zero attached hydrogens (tertiary/aromatic N) is 4. The molecular weight excluding hydrogens is 256 g/mol. The Morgan fingerprint density at radius 3 is 2.95 bits per heavy atom. The van der Waals surface area contributed by atoms with E-state index in [1.165, 1.54) is 0 Å². The zero-order valence-corrected chi connectivity index (χ0v) is 10.8. The number of carboxylic acids is 1. The number of carbonyl (C=O) groups is 1. The average molecular weight is 268 g/mol. The Balaban J connectivity index is 2.11. The molecule has 0 aliphatic rings. The summed E-state index contributed by atoms with van der Waals surface area (Å²) in [7, 11) is 0. The van der Waals surface area contributed by atoms with Crippen LogP contribution >= 0.6 is 0 Å². The minimum Gasteiger partial charge on any atom is -0.481 e. The molecular formula is C14H12N4O2. The van der Waals surface area contributed by atoms with E-state index in [4.69, 9.17) is 5.11 Å². The molecule has 2 aromatic heterocycles. The Morgan fingerprint density at radius 1 is 1.30 bits per heavy atom. The number of carboxylic acid groups (broad SMARTS) is 1. The van der Waals surface area contributed by atoms with E-state index in [0.717, 1.165) is 22.3 Å². The summed E-state index contributed by atoms with van der Waals surface area (Å²) in [5.74, 6) is -0.927. The number of aromatic nitrogens is 4. The first kappa shape index (κ1) is 12.3. The first-order valence-corrected chi connectivity index (χ1v) is 6.13. The first-order chi connectivity index (χ1) is 9.63. The summed E-state index contributed by atoms with van der Waals surface area (Å²) in [4.78, 5) is 15.2. The second kappa shape index (κ2) is 4.73. The summed E-state index contributed by atoms with van der Waals surface area (Å²) >= 11 is 0. The van der Waals surface area contributed by atoms with Crippen molar-refractivity contribution in [1.82, 2.24) is 20.0 Å². The van der Waals surface area contributed by atoms with Crippen molar-refractivity contribution >= 4 is 16.9 Å². The minimum atomic E-state index is -0.927. The van der Waals surface area contributed by atoms with Crippen molar-refractivity contribution in [3.63, 3.8) is 0 Å². The molecule has 0 spiro atoms. The highest BCUT2D eigenvalue weighted by Crippen LogP contribution is 2.20. The van der Waals surface area contributed by atoms with Gasteiger partial charge in [0, 0.05) is 11.1 Å². The Labute approximate surface area is 114 Å². The van der Waals surface area contributed by atoms with E-state index >= 15 is 0 Å². The molecule has 0 saturated heterocycles. The largest absolute Gasteiger partial charge is 0.481 e. The summed E-state index contributed by atoms with van der Waals surface area (Å²) in [6.45, 7) is 1.92. The quantitative estimate of drug-likeness (QED) is 0.782. The highest BCUT2D eigenvalue weighted by Gasteiger charge is 2.09. The van der Waals surface area contributed by atoms with E-state index < -0.39 is 5.97 Å². The maximum atomic E-state index is 10.7. The van der Waals surface area contributed by atoms with E-state index in [2.05, 4.69) is 15.3 Å². The van der Waals surface area contributed by atoms with Crippen LogP contribution in [0.1, 0.15) is 11.4 Å². The van der Waals surface area contributed by atoms with Gasteiger partial charge in [-0.2, -0.15) is 0 Å². The Hall–Kier alpha value is -2.76. The lowest BCUT2D eigenvalue weighted by molar-refractivity contribution is -0.136. The molecule has 0 fully saturated rings. The van der Waals surface area contributed by atoms with Crippen LogP contribution in [0.2, 0.25) is 0 Å². The molecule has 0 aliphatic heterocycles. The summed E-state index contributed by atoms with van der Waals surface area (Å²) in [6, 6.07) is 9.71. The van der Waals surface area contributed by atoms with Gasteiger partial charge in [0.25, 0.3) is 0 Å². The highest BCUT2D eigenvalue weighted by molar-refractivity contribution is 5.86. The summed E-state index contributed by atoms with van der Waals surface area (Å²) < 4.78 is 1.56. The summed E-state index contributed by atoms with van der Waals surface area (Å²) in [6.07, 6.45) is 1.48. The molecule has 0 saturated carbocycles. The van der Waals surface area contributed by atoms with Gasteiger partial charge in [0.2, 0.25) is 0 Å². The highest BCUT2D eigenvalue weighted by atomic mass is 16.4. The fraction of sp³-hybridized carbons (Fsp3) is 0.143. The molecule has 6 heteroatoms. The predicted molar refractivity (Wildman–Crippen MR) is 72.7 cm³/mol. The SMILES string of the molecule is Cc1ccc2cccc(-n3cc(CC(=O)O)nn3)c2n1. The average Bonchev–Trinajstić information content (AvgIpc) is 2.85. The molecule has 0 bridgehead atoms. The van der Waals surface area contributed by atoms with Gasteiger partial charge < -0.3 is 5.11 Å². The molecule has 0 atom stereocenters. The molecule has 6 nitrogen and oxygen atoms in total. The molecule has 1 N–H and O–H groups in total. The van der Waals surface area contributed by atoms with Crippen LogP contribution in [-0.2, 0) is 11.2 Å². The Bertz CT molecular complexity index is 795. The second-order valence-corrected chi connectivity index (χ2v) is 4.53. The van der Waals surface area contributed by atoms with E-state index in [1.54, 1.807) is 10.9 Å².